The summed E-state index contributed by atoms with van der Waals surface area (Å²) >= 11 is 3.80. The van der Waals surface area contributed by atoms with E-state index in [9.17, 15) is 0 Å². The molecule has 1 aliphatic carbocycles. The van der Waals surface area contributed by atoms with Crippen LogP contribution in [0.15, 0.2) is 6.20 Å². The molecular weight excluding hydrogens is 278 g/mol. The van der Waals surface area contributed by atoms with Crippen LogP contribution in [0.1, 0.15) is 37.1 Å². The molecule has 0 spiro atoms. The van der Waals surface area contributed by atoms with Crippen molar-refractivity contribution >= 4 is 21.7 Å². The first-order chi connectivity index (χ1) is 8.09. The highest BCUT2D eigenvalue weighted by Gasteiger charge is 2.27. The van der Waals surface area contributed by atoms with E-state index in [4.69, 9.17) is 0 Å². The van der Waals surface area contributed by atoms with Crippen LogP contribution in [0.25, 0.3) is 0 Å². The van der Waals surface area contributed by atoms with Gasteiger partial charge in [-0.15, -0.1) is 0 Å². The summed E-state index contributed by atoms with van der Waals surface area (Å²) < 4.78 is 0. The Labute approximate surface area is 112 Å². The molecule has 1 aliphatic rings. The van der Waals surface area contributed by atoms with E-state index in [1.165, 1.54) is 25.7 Å². The van der Waals surface area contributed by atoms with Crippen LogP contribution in [0.2, 0.25) is 0 Å². The fourth-order valence-corrected chi connectivity index (χ4v) is 3.31. The third-order valence-electron chi connectivity index (χ3n) is 3.69. The summed E-state index contributed by atoms with van der Waals surface area (Å²) in [7, 11) is 2.13. The maximum atomic E-state index is 4.62. The second kappa shape index (κ2) is 5.34. The zero-order chi connectivity index (χ0) is 12.4. The van der Waals surface area contributed by atoms with Crippen LogP contribution in [0.4, 0.5) is 5.82 Å². The first-order valence-electron chi connectivity index (χ1n) is 6.26. The fourth-order valence-electron chi connectivity index (χ4n) is 2.37. The highest BCUT2D eigenvalue weighted by atomic mass is 79.9. The molecule has 94 valence electrons. The van der Waals surface area contributed by atoms with Gasteiger partial charge in [0, 0.05) is 17.9 Å². The zero-order valence-corrected chi connectivity index (χ0v) is 12.4. The number of halogens is 1. The van der Waals surface area contributed by atoms with Gasteiger partial charge in [-0.05, 0) is 26.7 Å². The van der Waals surface area contributed by atoms with E-state index in [1.807, 2.05) is 20.0 Å². The van der Waals surface area contributed by atoms with Crippen LogP contribution in [-0.2, 0) is 0 Å². The van der Waals surface area contributed by atoms with Gasteiger partial charge in [-0.25, -0.2) is 4.98 Å². The molecule has 3 nitrogen and oxygen atoms in total. The Morgan fingerprint density at radius 1 is 1.24 bits per heavy atom. The van der Waals surface area contributed by atoms with Crippen LogP contribution in [0.5, 0.6) is 0 Å². The van der Waals surface area contributed by atoms with Crippen molar-refractivity contribution in [3.8, 4) is 0 Å². The largest absolute Gasteiger partial charge is 0.354 e. The first kappa shape index (κ1) is 12.8. The van der Waals surface area contributed by atoms with Crippen molar-refractivity contribution in [1.82, 2.24) is 9.97 Å². The van der Waals surface area contributed by atoms with Gasteiger partial charge in [-0.3, -0.25) is 4.98 Å². The van der Waals surface area contributed by atoms with Gasteiger partial charge in [-0.1, -0.05) is 28.8 Å². The van der Waals surface area contributed by atoms with E-state index in [0.29, 0.717) is 10.9 Å². The highest BCUT2D eigenvalue weighted by molar-refractivity contribution is 9.09. The number of aromatic nitrogens is 2. The summed E-state index contributed by atoms with van der Waals surface area (Å²) in [5.41, 5.74) is 2.04. The topological polar surface area (TPSA) is 29.0 Å². The van der Waals surface area contributed by atoms with Gasteiger partial charge in [0.1, 0.15) is 5.82 Å². The summed E-state index contributed by atoms with van der Waals surface area (Å²) in [5, 5.41) is 0. The van der Waals surface area contributed by atoms with E-state index < -0.39 is 0 Å². The first-order valence-corrected chi connectivity index (χ1v) is 7.18. The standard InChI is InChI=1S/C13H20BrN3/c1-9-10(2)16-13(8-15-9)17(3)12-7-5-4-6-11(12)14/h8,11-12H,4-7H2,1-3H3. The Morgan fingerprint density at radius 2 is 1.94 bits per heavy atom. The second-order valence-electron chi connectivity index (χ2n) is 4.88. The number of anilines is 1. The summed E-state index contributed by atoms with van der Waals surface area (Å²) in [6.45, 7) is 4.02. The number of rotatable bonds is 2. The van der Waals surface area contributed by atoms with Gasteiger partial charge in [0.15, 0.2) is 0 Å². The molecule has 0 aliphatic heterocycles. The Kier molecular flexibility index (Phi) is 4.02. The third-order valence-corrected chi connectivity index (χ3v) is 4.75. The normalized spacial score (nSPS) is 24.7. The van der Waals surface area contributed by atoms with Crippen LogP contribution in [0, 0.1) is 13.8 Å². The van der Waals surface area contributed by atoms with Crippen molar-refractivity contribution in [3.05, 3.63) is 17.6 Å². The smallest absolute Gasteiger partial charge is 0.147 e. The van der Waals surface area contributed by atoms with Crippen molar-refractivity contribution in [2.75, 3.05) is 11.9 Å². The number of nitrogens with zero attached hydrogens (tertiary/aromatic N) is 3. The maximum absolute atomic E-state index is 4.62. The van der Waals surface area contributed by atoms with Crippen LogP contribution >= 0.6 is 15.9 Å². The molecule has 1 saturated carbocycles. The monoisotopic (exact) mass is 297 g/mol. The van der Waals surface area contributed by atoms with E-state index in [0.717, 1.165) is 17.2 Å². The molecule has 1 heterocycles. The van der Waals surface area contributed by atoms with E-state index in [-0.39, 0.29) is 0 Å². The predicted molar refractivity (Wildman–Crippen MR) is 74.9 cm³/mol. The molecule has 1 aromatic rings. The van der Waals surface area contributed by atoms with E-state index in [1.54, 1.807) is 0 Å². The van der Waals surface area contributed by atoms with Crippen molar-refractivity contribution in [2.24, 2.45) is 0 Å². The van der Waals surface area contributed by atoms with Crippen LogP contribution in [0.3, 0.4) is 0 Å². The molecule has 4 heteroatoms. The lowest BCUT2D eigenvalue weighted by molar-refractivity contribution is 0.442. The van der Waals surface area contributed by atoms with Crippen molar-refractivity contribution in [2.45, 2.75) is 50.4 Å². The molecule has 0 radical (unpaired) electrons. The maximum Gasteiger partial charge on any atom is 0.147 e. The molecule has 0 bridgehead atoms. The Morgan fingerprint density at radius 3 is 2.59 bits per heavy atom. The van der Waals surface area contributed by atoms with E-state index >= 15 is 0 Å². The number of aryl methyl sites for hydroxylation is 2. The second-order valence-corrected chi connectivity index (χ2v) is 6.05. The summed E-state index contributed by atoms with van der Waals surface area (Å²) in [6.07, 6.45) is 7.03. The van der Waals surface area contributed by atoms with Crippen molar-refractivity contribution < 1.29 is 0 Å². The Hall–Kier alpha value is -0.640. The quantitative estimate of drug-likeness (QED) is 0.785. The van der Waals surface area contributed by atoms with Gasteiger partial charge >= 0.3 is 0 Å². The van der Waals surface area contributed by atoms with Crippen molar-refractivity contribution in [3.63, 3.8) is 0 Å². The molecule has 0 N–H and O–H groups in total. The predicted octanol–water partition coefficient (Wildman–Crippen LogP) is 3.24. The van der Waals surface area contributed by atoms with Crippen molar-refractivity contribution in [1.29, 1.82) is 0 Å². The molecule has 0 aromatic carbocycles. The third kappa shape index (κ3) is 2.79. The van der Waals surface area contributed by atoms with Gasteiger partial charge in [0.05, 0.1) is 17.6 Å². The number of alkyl halides is 1. The minimum Gasteiger partial charge on any atom is -0.354 e. The lowest BCUT2D eigenvalue weighted by atomic mass is 9.94. The molecule has 2 unspecified atom stereocenters. The summed E-state index contributed by atoms with van der Waals surface area (Å²) in [5.74, 6) is 0.990. The molecule has 17 heavy (non-hydrogen) atoms. The Bertz CT molecular complexity index is 394. The van der Waals surface area contributed by atoms with Crippen LogP contribution in [-0.4, -0.2) is 27.9 Å². The lowest BCUT2D eigenvalue weighted by Gasteiger charge is -2.35. The minimum atomic E-state index is 0.542. The van der Waals surface area contributed by atoms with Gasteiger partial charge < -0.3 is 4.90 Å². The Balaban J connectivity index is 2.17. The van der Waals surface area contributed by atoms with Crippen LogP contribution < -0.4 is 4.90 Å². The number of hydrogen-bond acceptors (Lipinski definition) is 3. The molecule has 2 rings (SSSR count). The van der Waals surface area contributed by atoms with Gasteiger partial charge in [-0.2, -0.15) is 0 Å². The average molecular weight is 298 g/mol. The summed E-state index contributed by atoms with van der Waals surface area (Å²) in [6, 6.07) is 0.542. The van der Waals surface area contributed by atoms with E-state index in [2.05, 4.69) is 37.8 Å². The van der Waals surface area contributed by atoms with Gasteiger partial charge in [0.2, 0.25) is 0 Å². The molecule has 2 atom stereocenters. The van der Waals surface area contributed by atoms with Gasteiger partial charge in [0.25, 0.3) is 0 Å². The average Bonchev–Trinajstić information content (AvgIpc) is 2.32. The molecule has 1 aromatic heterocycles. The molecule has 0 saturated heterocycles. The number of hydrogen-bond donors (Lipinski definition) is 0. The SMILES string of the molecule is Cc1ncc(N(C)C2CCCCC2Br)nc1C. The lowest BCUT2D eigenvalue weighted by Crippen LogP contribution is -2.41. The zero-order valence-electron chi connectivity index (χ0n) is 10.8. The summed E-state index contributed by atoms with van der Waals surface area (Å²) in [4.78, 5) is 11.9. The molecule has 0 amide bonds. The minimum absolute atomic E-state index is 0.542. The molecule has 1 fully saturated rings. The highest BCUT2D eigenvalue weighted by Crippen LogP contribution is 2.29. The fraction of sp³-hybridized carbons (Fsp3) is 0.692. The molecular formula is C13H20BrN3.